The van der Waals surface area contributed by atoms with E-state index in [0.29, 0.717) is 0 Å². The highest BCUT2D eigenvalue weighted by Gasteiger charge is 1.92. The molecule has 56 valence electrons. The van der Waals surface area contributed by atoms with Crippen molar-refractivity contribution in [3.05, 3.63) is 39.1 Å². The quantitative estimate of drug-likeness (QED) is 0.620. The second-order valence-corrected chi connectivity index (χ2v) is 3.01. The molecule has 0 aliphatic rings. The van der Waals surface area contributed by atoms with Gasteiger partial charge in [-0.05, 0) is 24.3 Å². The van der Waals surface area contributed by atoms with Crippen molar-refractivity contribution in [3.8, 4) is 6.07 Å². The summed E-state index contributed by atoms with van der Waals surface area (Å²) in [6.07, 6.45) is 0. The van der Waals surface area contributed by atoms with Gasteiger partial charge in [0.15, 0.2) is 0 Å². The monoisotopic (exact) mass is 210 g/mol. The fraction of sp³-hybridized carbons (Fsp3) is 0.222. The zero-order chi connectivity index (χ0) is 8.10. The normalized spacial score (nSPS) is 8.55. The molecule has 0 unspecified atom stereocenters. The molecule has 0 saturated heterocycles. The summed E-state index contributed by atoms with van der Waals surface area (Å²) in [5, 5.41) is 0. The van der Waals surface area contributed by atoms with Gasteiger partial charge >= 0.3 is 6.07 Å². The van der Waals surface area contributed by atoms with E-state index in [2.05, 4.69) is 26.8 Å². The van der Waals surface area contributed by atoms with Gasteiger partial charge in [-0.1, -0.05) is 20.8 Å². The minimum absolute atomic E-state index is 0.788. The number of halogens is 1. The molecule has 0 heterocycles. The van der Waals surface area contributed by atoms with Crippen LogP contribution in [0.4, 0.5) is 0 Å². The number of rotatable bonds is 0. The van der Waals surface area contributed by atoms with Gasteiger partial charge in [0.05, 0.1) is 0 Å². The maximum atomic E-state index is 4.01. The molecule has 1 rings (SSSR count). The molecule has 0 spiro atoms. The molecule has 1 aromatic rings. The van der Waals surface area contributed by atoms with Crippen LogP contribution in [0.3, 0.4) is 0 Å². The molecule has 0 aromatic heterocycles. The summed E-state index contributed by atoms with van der Waals surface area (Å²) < 4.78 is 1.08. The smallest absolute Gasteiger partial charge is 0.0783 e. The van der Waals surface area contributed by atoms with Gasteiger partial charge in [-0.2, -0.15) is 0 Å². The van der Waals surface area contributed by atoms with Crippen LogP contribution in [-0.2, 0) is 0 Å². The van der Waals surface area contributed by atoms with Gasteiger partial charge in [-0.25, -0.2) is 0 Å². The lowest BCUT2D eigenvalue weighted by Crippen LogP contribution is -1.71. The highest BCUT2D eigenvalue weighted by Crippen LogP contribution is 2.09. The Morgan fingerprint density at radius 3 is 2.55 bits per heavy atom. The molecule has 0 N–H and O–H groups in total. The third-order valence-electron chi connectivity index (χ3n) is 1.21. The van der Waals surface area contributed by atoms with Crippen molar-refractivity contribution in [1.82, 2.24) is 0 Å². The van der Waals surface area contributed by atoms with Gasteiger partial charge in [0.1, 0.15) is 5.56 Å². The molecule has 0 bridgehead atoms. The molecule has 0 amide bonds. The van der Waals surface area contributed by atoms with E-state index >= 15 is 0 Å². The molecule has 1 nitrogen and oxygen atoms in total. The maximum Gasteiger partial charge on any atom is 0.311 e. The Bertz CT molecular complexity index is 279. The zero-order valence-corrected chi connectivity index (χ0v) is 7.93. The van der Waals surface area contributed by atoms with E-state index in [0.717, 1.165) is 16.6 Å². The van der Waals surface area contributed by atoms with E-state index in [1.54, 1.807) is 0 Å². The predicted octanol–water partition coefficient (Wildman–Crippen LogP) is 3.15. The highest BCUT2D eigenvalue weighted by molar-refractivity contribution is 9.10. The summed E-state index contributed by atoms with van der Waals surface area (Å²) in [5.74, 6) is 0. The molecular weight excluding hydrogens is 202 g/mol. The second-order valence-electron chi connectivity index (χ2n) is 2.09. The number of benzene rings is 1. The summed E-state index contributed by atoms with van der Waals surface area (Å²) in [6, 6.07) is 10.8. The van der Waals surface area contributed by atoms with Crippen molar-refractivity contribution < 1.29 is 0 Å². The Kier molecular flexibility index (Phi) is 3.13. The fourth-order valence-corrected chi connectivity index (χ4v) is 0.959. The van der Waals surface area contributed by atoms with Crippen LogP contribution in [-0.4, -0.2) is 6.54 Å². The molecule has 0 saturated carbocycles. The first-order valence-electron chi connectivity index (χ1n) is 3.51. The standard InChI is InChI=1S/C9H9BrN/c1-2-11-7-8-3-5-9(10)6-4-8/h3-6H,2H2,1H3/q+1. The van der Waals surface area contributed by atoms with E-state index < -0.39 is 0 Å². The van der Waals surface area contributed by atoms with Crippen molar-refractivity contribution >= 4 is 15.9 Å². The van der Waals surface area contributed by atoms with Crippen molar-refractivity contribution in [2.75, 3.05) is 6.54 Å². The van der Waals surface area contributed by atoms with Gasteiger partial charge in [-0.3, -0.25) is 0 Å². The average molecular weight is 211 g/mol. The van der Waals surface area contributed by atoms with Crippen molar-refractivity contribution in [2.24, 2.45) is 0 Å². The van der Waals surface area contributed by atoms with E-state index in [-0.39, 0.29) is 0 Å². The average Bonchev–Trinajstić information content (AvgIpc) is 2.04. The fourth-order valence-electron chi connectivity index (χ4n) is 0.695. The van der Waals surface area contributed by atoms with E-state index in [4.69, 9.17) is 0 Å². The van der Waals surface area contributed by atoms with Crippen LogP contribution in [0.2, 0.25) is 0 Å². The topological polar surface area (TPSA) is 4.36 Å². The molecule has 11 heavy (non-hydrogen) atoms. The van der Waals surface area contributed by atoms with Crippen LogP contribution in [0.1, 0.15) is 12.5 Å². The molecule has 0 fully saturated rings. The minimum atomic E-state index is 0.788. The van der Waals surface area contributed by atoms with E-state index in [9.17, 15) is 0 Å². The molecule has 0 aliphatic heterocycles. The van der Waals surface area contributed by atoms with Crippen LogP contribution in [0.5, 0.6) is 0 Å². The van der Waals surface area contributed by atoms with Crippen molar-refractivity contribution in [2.45, 2.75) is 6.92 Å². The first-order valence-corrected chi connectivity index (χ1v) is 4.30. The Hall–Kier alpha value is -0.810. The summed E-state index contributed by atoms with van der Waals surface area (Å²) in [5.41, 5.74) is 1.02. The lowest BCUT2D eigenvalue weighted by molar-refractivity contribution is 1.34. The Labute approximate surface area is 75.0 Å². The third-order valence-corrected chi connectivity index (χ3v) is 1.74. The van der Waals surface area contributed by atoms with Crippen LogP contribution >= 0.6 is 15.9 Å². The molecule has 2 heteroatoms. The lowest BCUT2D eigenvalue weighted by Gasteiger charge is -1.84. The maximum absolute atomic E-state index is 4.01. The number of hydrogen-bond acceptors (Lipinski definition) is 0. The molecule has 1 aromatic carbocycles. The Morgan fingerprint density at radius 2 is 2.00 bits per heavy atom. The first-order chi connectivity index (χ1) is 5.33. The van der Waals surface area contributed by atoms with E-state index in [1.807, 2.05) is 31.2 Å². The van der Waals surface area contributed by atoms with Gasteiger partial charge in [0, 0.05) is 11.4 Å². The summed E-state index contributed by atoms with van der Waals surface area (Å²) >= 11 is 3.36. The van der Waals surface area contributed by atoms with Gasteiger partial charge in [0.2, 0.25) is 0 Å². The highest BCUT2D eigenvalue weighted by atomic mass is 79.9. The van der Waals surface area contributed by atoms with Gasteiger partial charge < -0.3 is 0 Å². The largest absolute Gasteiger partial charge is 0.311 e. The minimum Gasteiger partial charge on any atom is -0.0783 e. The summed E-state index contributed by atoms with van der Waals surface area (Å²) in [6.45, 7) is 2.78. The molecule has 0 atom stereocenters. The van der Waals surface area contributed by atoms with Crippen molar-refractivity contribution in [3.63, 3.8) is 0 Å². The molecule has 0 aliphatic carbocycles. The Morgan fingerprint density at radius 1 is 1.36 bits per heavy atom. The Balaban J connectivity index is 2.82. The van der Waals surface area contributed by atoms with Gasteiger partial charge in [0.25, 0.3) is 6.54 Å². The zero-order valence-electron chi connectivity index (χ0n) is 6.34. The number of hydrogen-bond donors (Lipinski definition) is 0. The van der Waals surface area contributed by atoms with Crippen LogP contribution in [0.25, 0.3) is 4.85 Å². The number of nitrogens with zero attached hydrogens (tertiary/aromatic N) is 1. The molecule has 0 radical (unpaired) electrons. The second kappa shape index (κ2) is 4.15. The first kappa shape index (κ1) is 8.29. The molecular formula is C9H9BrN+. The van der Waals surface area contributed by atoms with Crippen LogP contribution in [0.15, 0.2) is 28.7 Å². The van der Waals surface area contributed by atoms with E-state index in [1.165, 1.54) is 0 Å². The summed E-state index contributed by atoms with van der Waals surface area (Å²) in [4.78, 5) is 4.01. The lowest BCUT2D eigenvalue weighted by atomic mass is 10.2. The van der Waals surface area contributed by atoms with Crippen molar-refractivity contribution in [1.29, 1.82) is 0 Å². The third kappa shape index (κ3) is 2.73. The van der Waals surface area contributed by atoms with Crippen LogP contribution < -0.4 is 0 Å². The van der Waals surface area contributed by atoms with Gasteiger partial charge in [-0.15, -0.1) is 0 Å². The SMILES string of the molecule is CC[N+]#Cc1ccc(Br)cc1. The van der Waals surface area contributed by atoms with Crippen LogP contribution in [0, 0.1) is 6.07 Å². The predicted molar refractivity (Wildman–Crippen MR) is 51.0 cm³/mol. The summed E-state index contributed by atoms with van der Waals surface area (Å²) in [7, 11) is 0.